The normalized spacial score (nSPS) is 7.82. The summed E-state index contributed by atoms with van der Waals surface area (Å²) in [7, 11) is 2.55. The van der Waals surface area contributed by atoms with Crippen LogP contribution in [0.3, 0.4) is 0 Å². The summed E-state index contributed by atoms with van der Waals surface area (Å²) in [4.78, 5) is 20.8. The number of rotatable bonds is 3. The third kappa shape index (κ3) is 7.50. The number of methoxy groups -OCH3 is 2. The topological polar surface area (TPSA) is 52.6 Å². The minimum atomic E-state index is -0.398. The van der Waals surface area contributed by atoms with Crippen molar-refractivity contribution in [3.8, 4) is 0 Å². The van der Waals surface area contributed by atoms with Crippen molar-refractivity contribution in [1.82, 2.24) is 0 Å². The minimum absolute atomic E-state index is 0. The van der Waals surface area contributed by atoms with Crippen LogP contribution in [0.5, 0.6) is 0 Å². The molecule has 11 heavy (non-hydrogen) atoms. The fraction of sp³-hybridized carbons (Fsp3) is 0.667. The van der Waals surface area contributed by atoms with Crippen molar-refractivity contribution in [3.05, 3.63) is 0 Å². The summed E-state index contributed by atoms with van der Waals surface area (Å²) < 4.78 is 8.60. The molecular weight excluding hydrogens is 242 g/mol. The Morgan fingerprint density at radius 3 is 1.45 bits per heavy atom. The van der Waals surface area contributed by atoms with Gasteiger partial charge in [-0.05, 0) is 0 Å². The molecule has 0 radical (unpaired) electrons. The Bertz CT molecular complexity index is 119. The van der Waals surface area contributed by atoms with Gasteiger partial charge in [0.15, 0.2) is 0 Å². The van der Waals surface area contributed by atoms with Crippen LogP contribution in [-0.4, -0.2) is 26.2 Å². The minimum Gasteiger partial charge on any atom is -0.469 e. The van der Waals surface area contributed by atoms with E-state index in [9.17, 15) is 9.59 Å². The molecule has 0 N–H and O–H groups in total. The van der Waals surface area contributed by atoms with Crippen LogP contribution in [0.1, 0.15) is 12.8 Å². The smallest absolute Gasteiger partial charge is 0.306 e. The molecule has 0 spiro atoms. The van der Waals surface area contributed by atoms with Gasteiger partial charge in [-0.2, -0.15) is 0 Å². The summed E-state index contributed by atoms with van der Waals surface area (Å²) in [5, 5.41) is 0. The average molecular weight is 253 g/mol. The first-order valence-corrected chi connectivity index (χ1v) is 2.84. The molecule has 0 aromatic carbocycles. The molecule has 0 aromatic heterocycles. The van der Waals surface area contributed by atoms with Crippen molar-refractivity contribution < 1.29 is 39.5 Å². The van der Waals surface area contributed by atoms with Gasteiger partial charge >= 0.3 is 11.9 Å². The number of hydrogen-bond acceptors (Lipinski definition) is 4. The molecule has 0 fully saturated rings. The van der Waals surface area contributed by atoms with Gasteiger partial charge in [-0.25, -0.2) is 0 Å². The summed E-state index contributed by atoms with van der Waals surface area (Å²) in [6.07, 6.45) is 0.173. The van der Waals surface area contributed by atoms with E-state index in [0.717, 1.165) is 0 Å². The molecule has 0 aromatic rings. The van der Waals surface area contributed by atoms with Gasteiger partial charge in [-0.3, -0.25) is 9.59 Å². The van der Waals surface area contributed by atoms with Crippen LogP contribution in [-0.2, 0) is 39.5 Å². The Hall–Kier alpha value is -0.398. The summed E-state index contributed by atoms with van der Waals surface area (Å²) in [5.41, 5.74) is 0. The third-order valence-corrected chi connectivity index (χ3v) is 0.989. The Labute approximate surface area is 78.9 Å². The summed E-state index contributed by atoms with van der Waals surface area (Å²) in [6.45, 7) is 0. The Balaban J connectivity index is 0. The Morgan fingerprint density at radius 2 is 1.27 bits per heavy atom. The zero-order chi connectivity index (χ0) is 7.98. The number of carbonyl (C=O) groups excluding carboxylic acids is 2. The predicted molar refractivity (Wildman–Crippen MR) is 33.3 cm³/mol. The summed E-state index contributed by atoms with van der Waals surface area (Å²) in [6, 6.07) is 0. The Morgan fingerprint density at radius 1 is 1.00 bits per heavy atom. The number of ether oxygens (including phenoxy) is 2. The molecule has 0 unspecified atom stereocenters. The fourth-order valence-electron chi connectivity index (χ4n) is 0.408. The molecule has 4 nitrogen and oxygen atoms in total. The molecule has 0 rings (SSSR count). The number of esters is 2. The molecule has 0 aliphatic rings. The molecule has 0 aliphatic carbocycles. The molecule has 0 amide bonds. The second-order valence-corrected chi connectivity index (χ2v) is 1.65. The van der Waals surface area contributed by atoms with E-state index in [1.54, 1.807) is 0 Å². The van der Waals surface area contributed by atoms with E-state index in [4.69, 9.17) is 0 Å². The van der Waals surface area contributed by atoms with Gasteiger partial charge in [-0.15, -0.1) is 0 Å². The first kappa shape index (κ1) is 13.2. The van der Waals surface area contributed by atoms with Gasteiger partial charge in [0.05, 0.1) is 27.1 Å². The first-order valence-electron chi connectivity index (χ1n) is 2.84. The maximum atomic E-state index is 10.4. The van der Waals surface area contributed by atoms with E-state index in [2.05, 4.69) is 9.47 Å². The quantitative estimate of drug-likeness (QED) is 0.528. The van der Waals surface area contributed by atoms with Crippen LogP contribution in [0, 0.1) is 0 Å². The van der Waals surface area contributed by atoms with Crippen LogP contribution >= 0.6 is 0 Å². The van der Waals surface area contributed by atoms with Crippen molar-refractivity contribution in [2.45, 2.75) is 12.8 Å². The van der Waals surface area contributed by atoms with Crippen LogP contribution < -0.4 is 0 Å². The van der Waals surface area contributed by atoms with E-state index in [0.29, 0.717) is 0 Å². The van der Waals surface area contributed by atoms with Crippen LogP contribution in [0.4, 0.5) is 0 Å². The van der Waals surface area contributed by atoms with Crippen molar-refractivity contribution in [1.29, 1.82) is 0 Å². The molecule has 0 atom stereocenters. The zero-order valence-corrected chi connectivity index (χ0v) is 7.92. The molecular formula is C6H10O4Pd. The number of carbonyl (C=O) groups is 2. The summed E-state index contributed by atoms with van der Waals surface area (Å²) >= 11 is 0. The molecule has 0 saturated heterocycles. The molecule has 68 valence electrons. The van der Waals surface area contributed by atoms with Gasteiger partial charge in [0.1, 0.15) is 0 Å². The summed E-state index contributed by atoms with van der Waals surface area (Å²) in [5.74, 6) is -0.796. The molecule has 0 bridgehead atoms. The molecule has 0 heterocycles. The van der Waals surface area contributed by atoms with E-state index in [1.165, 1.54) is 14.2 Å². The van der Waals surface area contributed by atoms with Crippen LogP contribution in [0.25, 0.3) is 0 Å². The Kier molecular flexibility index (Phi) is 9.26. The van der Waals surface area contributed by atoms with Crippen molar-refractivity contribution in [2.24, 2.45) is 0 Å². The largest absolute Gasteiger partial charge is 0.469 e. The average Bonchev–Trinajstić information content (AvgIpc) is 1.99. The fourth-order valence-corrected chi connectivity index (χ4v) is 0.408. The van der Waals surface area contributed by atoms with Crippen LogP contribution in [0.15, 0.2) is 0 Å². The predicted octanol–water partition coefficient (Wildman–Crippen LogP) is 0.110. The van der Waals surface area contributed by atoms with E-state index in [-0.39, 0.29) is 33.3 Å². The van der Waals surface area contributed by atoms with E-state index in [1.807, 2.05) is 0 Å². The zero-order valence-electron chi connectivity index (χ0n) is 6.36. The second-order valence-electron chi connectivity index (χ2n) is 1.65. The second kappa shape index (κ2) is 7.71. The maximum Gasteiger partial charge on any atom is 0.306 e. The SMILES string of the molecule is COC(=O)CCC(=O)OC.[Pd]. The van der Waals surface area contributed by atoms with E-state index >= 15 is 0 Å². The third-order valence-electron chi connectivity index (χ3n) is 0.989. The van der Waals surface area contributed by atoms with Crippen molar-refractivity contribution in [2.75, 3.05) is 14.2 Å². The monoisotopic (exact) mass is 252 g/mol. The van der Waals surface area contributed by atoms with Gasteiger partial charge < -0.3 is 9.47 Å². The first-order chi connectivity index (χ1) is 4.70. The molecule has 0 saturated carbocycles. The standard InChI is InChI=1S/C6H10O4.Pd/c1-9-5(7)3-4-6(8)10-2;/h3-4H2,1-2H3;. The van der Waals surface area contributed by atoms with Gasteiger partial charge in [0.25, 0.3) is 0 Å². The van der Waals surface area contributed by atoms with Gasteiger partial charge in [0, 0.05) is 20.4 Å². The van der Waals surface area contributed by atoms with Crippen LogP contribution in [0.2, 0.25) is 0 Å². The maximum absolute atomic E-state index is 10.4. The van der Waals surface area contributed by atoms with Gasteiger partial charge in [0.2, 0.25) is 0 Å². The molecule has 0 aliphatic heterocycles. The van der Waals surface area contributed by atoms with Crippen molar-refractivity contribution >= 4 is 11.9 Å². The molecule has 5 heteroatoms. The number of hydrogen-bond donors (Lipinski definition) is 0. The van der Waals surface area contributed by atoms with Gasteiger partial charge in [-0.1, -0.05) is 0 Å². The van der Waals surface area contributed by atoms with Crippen molar-refractivity contribution in [3.63, 3.8) is 0 Å². The van der Waals surface area contributed by atoms with E-state index < -0.39 is 11.9 Å².